The number of anilines is 2. The van der Waals surface area contributed by atoms with Gasteiger partial charge in [-0.15, -0.1) is 0 Å². The number of nitrogens with zero attached hydrogens (tertiary/aromatic N) is 3. The Morgan fingerprint density at radius 1 is 1.40 bits per heavy atom. The maximum atomic E-state index is 12.6. The highest BCUT2D eigenvalue weighted by atomic mass is 79.9. The summed E-state index contributed by atoms with van der Waals surface area (Å²) in [6, 6.07) is 6.98. The number of halogens is 1. The molecular weight excluding hydrogens is 386 g/mol. The van der Waals surface area contributed by atoms with Gasteiger partial charge < -0.3 is 15.8 Å². The first kappa shape index (κ1) is 17.8. The third-order valence-corrected chi connectivity index (χ3v) is 4.38. The lowest BCUT2D eigenvalue weighted by molar-refractivity contribution is 0.0398. The van der Waals surface area contributed by atoms with Gasteiger partial charge in [0.05, 0.1) is 18.8 Å². The van der Waals surface area contributed by atoms with Crippen LogP contribution in [0.25, 0.3) is 0 Å². The maximum absolute atomic E-state index is 12.6. The van der Waals surface area contributed by atoms with Crippen LogP contribution in [-0.2, 0) is 4.74 Å². The van der Waals surface area contributed by atoms with E-state index < -0.39 is 0 Å². The number of morpholine rings is 1. The second kappa shape index (κ2) is 8.37. The van der Waals surface area contributed by atoms with E-state index in [1.165, 1.54) is 0 Å². The highest BCUT2D eigenvalue weighted by molar-refractivity contribution is 9.10. The van der Waals surface area contributed by atoms with Crippen LogP contribution in [0.15, 0.2) is 34.9 Å². The van der Waals surface area contributed by atoms with Crippen molar-refractivity contribution in [2.24, 2.45) is 0 Å². The molecule has 0 unspecified atom stereocenters. The number of hydrogen-bond acceptors (Lipinski definition) is 7. The molecule has 25 heavy (non-hydrogen) atoms. The molecule has 0 aliphatic carbocycles. The van der Waals surface area contributed by atoms with Gasteiger partial charge in [0.25, 0.3) is 0 Å². The van der Waals surface area contributed by atoms with E-state index >= 15 is 0 Å². The van der Waals surface area contributed by atoms with Crippen LogP contribution in [0.1, 0.15) is 18.9 Å². The summed E-state index contributed by atoms with van der Waals surface area (Å²) in [6.07, 6.45) is 1.56. The highest BCUT2D eigenvalue weighted by Crippen LogP contribution is 2.19. The van der Waals surface area contributed by atoms with E-state index in [4.69, 9.17) is 10.5 Å². The Kier molecular flexibility index (Phi) is 5.95. The van der Waals surface area contributed by atoms with Gasteiger partial charge in [-0.25, -0.2) is 9.97 Å². The highest BCUT2D eigenvalue weighted by Gasteiger charge is 2.16. The van der Waals surface area contributed by atoms with E-state index in [2.05, 4.69) is 36.1 Å². The number of aromatic nitrogens is 2. The Balaban J connectivity index is 0.00000182. The van der Waals surface area contributed by atoms with Crippen molar-refractivity contribution < 1.29 is 12.4 Å². The normalized spacial score (nSPS) is 15.1. The number of carbonyl (C=O) groups is 1. The molecule has 0 radical (unpaired) electrons. The lowest BCUT2D eigenvalue weighted by atomic mass is 10.1. The molecule has 3 rings (SSSR count). The zero-order chi connectivity index (χ0) is 17.6. The molecule has 1 fully saturated rings. The minimum Gasteiger partial charge on any atom is -0.383 e. The number of nitrogens with two attached hydrogens (primary N) is 1. The Morgan fingerprint density at radius 3 is 3.00 bits per heavy atom. The first-order valence-electron chi connectivity index (χ1n) is 8.10. The molecule has 0 aromatic carbocycles. The zero-order valence-electron chi connectivity index (χ0n) is 13.7. The van der Waals surface area contributed by atoms with Crippen molar-refractivity contribution in [2.75, 3.05) is 50.4 Å². The van der Waals surface area contributed by atoms with Crippen LogP contribution in [0.3, 0.4) is 0 Å². The number of ketones is 1. The summed E-state index contributed by atoms with van der Waals surface area (Å²) in [7, 11) is 0. The van der Waals surface area contributed by atoms with Crippen molar-refractivity contribution in [1.29, 1.82) is 0 Å². The molecule has 0 bridgehead atoms. The van der Waals surface area contributed by atoms with Gasteiger partial charge in [0, 0.05) is 39.7 Å². The SMILES string of the molecule is Nc1ncc(Br)cc1C(=O)c1cccc(NCCN2CCOCC2)n1.[HH].[HH]. The number of ether oxygens (including phenoxy) is 1. The molecule has 8 heteroatoms. The Hall–Kier alpha value is -2.03. The topological polar surface area (TPSA) is 93.4 Å². The summed E-state index contributed by atoms with van der Waals surface area (Å²) in [5, 5.41) is 3.26. The van der Waals surface area contributed by atoms with Crippen molar-refractivity contribution in [3.8, 4) is 0 Å². The average Bonchev–Trinajstić information content (AvgIpc) is 2.64. The van der Waals surface area contributed by atoms with Crippen LogP contribution in [-0.4, -0.2) is 60.0 Å². The third-order valence-electron chi connectivity index (χ3n) is 3.95. The maximum Gasteiger partial charge on any atom is 0.215 e. The van der Waals surface area contributed by atoms with Crippen LogP contribution in [0.5, 0.6) is 0 Å². The average molecular weight is 410 g/mol. The Morgan fingerprint density at radius 2 is 2.20 bits per heavy atom. The van der Waals surface area contributed by atoms with Crippen LogP contribution < -0.4 is 11.1 Å². The number of pyridine rings is 2. The first-order valence-corrected chi connectivity index (χ1v) is 8.89. The minimum atomic E-state index is -0.247. The number of hydrogen-bond donors (Lipinski definition) is 2. The predicted octanol–water partition coefficient (Wildman–Crippen LogP) is 2.29. The van der Waals surface area contributed by atoms with E-state index in [1.807, 2.05) is 6.07 Å². The molecule has 2 aromatic heterocycles. The molecule has 0 spiro atoms. The molecule has 1 aliphatic heterocycles. The standard InChI is InChI=1S/C17H20BrN5O2.2H2/c18-12-10-13(17(19)21-11-12)16(24)14-2-1-3-15(22-14)20-4-5-23-6-8-25-9-7-23;;/h1-3,10-11H,4-9H2,(H2,19,21)(H,20,22);2*1H. The quantitative estimate of drug-likeness (QED) is 0.706. The van der Waals surface area contributed by atoms with Gasteiger partial charge in [0.2, 0.25) is 5.78 Å². The predicted molar refractivity (Wildman–Crippen MR) is 104 cm³/mol. The lowest BCUT2D eigenvalue weighted by Gasteiger charge is -2.26. The fourth-order valence-corrected chi connectivity index (χ4v) is 2.93. The van der Waals surface area contributed by atoms with Gasteiger partial charge in [-0.05, 0) is 34.1 Å². The van der Waals surface area contributed by atoms with Crippen molar-refractivity contribution in [2.45, 2.75) is 0 Å². The smallest absolute Gasteiger partial charge is 0.215 e. The van der Waals surface area contributed by atoms with Crippen LogP contribution in [0.4, 0.5) is 11.6 Å². The molecule has 0 atom stereocenters. The van der Waals surface area contributed by atoms with Crippen LogP contribution in [0, 0.1) is 0 Å². The van der Waals surface area contributed by atoms with Gasteiger partial charge in [0.15, 0.2) is 0 Å². The number of nitrogens with one attached hydrogen (secondary N) is 1. The van der Waals surface area contributed by atoms with E-state index in [0.717, 1.165) is 39.4 Å². The molecule has 7 nitrogen and oxygen atoms in total. The van der Waals surface area contributed by atoms with Crippen molar-refractivity contribution in [1.82, 2.24) is 14.9 Å². The summed E-state index contributed by atoms with van der Waals surface area (Å²) < 4.78 is 6.03. The van der Waals surface area contributed by atoms with E-state index in [1.54, 1.807) is 24.4 Å². The lowest BCUT2D eigenvalue weighted by Crippen LogP contribution is -2.39. The van der Waals surface area contributed by atoms with E-state index in [-0.39, 0.29) is 14.5 Å². The Labute approximate surface area is 157 Å². The van der Waals surface area contributed by atoms with Gasteiger partial charge in [0.1, 0.15) is 17.3 Å². The molecule has 0 saturated carbocycles. The van der Waals surface area contributed by atoms with Gasteiger partial charge >= 0.3 is 0 Å². The van der Waals surface area contributed by atoms with Gasteiger partial charge in [-0.1, -0.05) is 6.07 Å². The summed E-state index contributed by atoms with van der Waals surface area (Å²) in [6.45, 7) is 5.12. The largest absolute Gasteiger partial charge is 0.383 e. The first-order chi connectivity index (χ1) is 12.1. The van der Waals surface area contributed by atoms with Crippen LogP contribution >= 0.6 is 15.9 Å². The molecule has 0 amide bonds. The molecule has 1 aliphatic rings. The number of rotatable bonds is 6. The molecule has 136 valence electrons. The van der Waals surface area contributed by atoms with Crippen molar-refractivity contribution >= 4 is 33.3 Å². The molecule has 3 heterocycles. The van der Waals surface area contributed by atoms with Crippen molar-refractivity contribution in [3.63, 3.8) is 0 Å². The number of nitrogen functional groups attached to an aromatic ring is 1. The Bertz CT molecular complexity index is 760. The second-order valence-electron chi connectivity index (χ2n) is 5.70. The molecule has 2 aromatic rings. The van der Waals surface area contributed by atoms with Gasteiger partial charge in [-0.3, -0.25) is 9.69 Å². The zero-order valence-corrected chi connectivity index (χ0v) is 15.3. The van der Waals surface area contributed by atoms with Crippen molar-refractivity contribution in [3.05, 3.63) is 46.2 Å². The minimum absolute atomic E-state index is 0. The monoisotopic (exact) mass is 409 g/mol. The summed E-state index contributed by atoms with van der Waals surface area (Å²) in [5.41, 5.74) is 6.49. The van der Waals surface area contributed by atoms with E-state index in [9.17, 15) is 4.79 Å². The molecular formula is C17H24BrN5O2. The van der Waals surface area contributed by atoms with Crippen LogP contribution in [0.2, 0.25) is 0 Å². The molecule has 1 saturated heterocycles. The third kappa shape index (κ3) is 4.75. The van der Waals surface area contributed by atoms with E-state index in [0.29, 0.717) is 21.5 Å². The number of carbonyl (C=O) groups excluding carboxylic acids is 1. The summed E-state index contributed by atoms with van der Waals surface area (Å²) >= 11 is 3.31. The fraction of sp³-hybridized carbons (Fsp3) is 0.353. The summed E-state index contributed by atoms with van der Waals surface area (Å²) in [4.78, 5) is 23.4. The second-order valence-corrected chi connectivity index (χ2v) is 6.62. The fourth-order valence-electron chi connectivity index (χ4n) is 2.60. The molecule has 3 N–H and O–H groups in total. The summed E-state index contributed by atoms with van der Waals surface area (Å²) in [5.74, 6) is 0.615. The van der Waals surface area contributed by atoms with Gasteiger partial charge in [-0.2, -0.15) is 0 Å².